The third-order valence-electron chi connectivity index (χ3n) is 8.61. The van der Waals surface area contributed by atoms with Crippen molar-refractivity contribution in [2.24, 2.45) is 0 Å². The largest absolute Gasteiger partial charge is 0.494 e. The SMILES string of the molecule is CCOc1ccc(Cc2cc(C34OCC(CO)(O3)[C@@H](O)[C@H](OCc3ccccc3)C4OCc3ccccc3)ccc2C)cc1. The summed E-state index contributed by atoms with van der Waals surface area (Å²) in [6.07, 6.45) is -2.19. The van der Waals surface area contributed by atoms with Crippen molar-refractivity contribution >= 4 is 0 Å². The zero-order valence-electron chi connectivity index (χ0n) is 25.2. The maximum absolute atomic E-state index is 11.7. The number of aryl methyl sites for hydroxylation is 1. The lowest BCUT2D eigenvalue weighted by Gasteiger charge is -2.49. The lowest BCUT2D eigenvalue weighted by Crippen LogP contribution is -2.66. The molecule has 0 aliphatic carbocycles. The Morgan fingerprint density at radius 2 is 1.48 bits per heavy atom. The van der Waals surface area contributed by atoms with Crippen molar-refractivity contribution in [3.8, 4) is 5.75 Å². The summed E-state index contributed by atoms with van der Waals surface area (Å²) in [4.78, 5) is 0. The molecular weight excluding hydrogens is 556 g/mol. The third kappa shape index (κ3) is 6.04. The van der Waals surface area contributed by atoms with Crippen LogP contribution in [0, 0.1) is 6.92 Å². The van der Waals surface area contributed by atoms with Crippen LogP contribution in [0.3, 0.4) is 0 Å². The number of fused-ring (bicyclic) bond motifs is 2. The Labute approximate surface area is 258 Å². The van der Waals surface area contributed by atoms with E-state index in [9.17, 15) is 10.2 Å². The summed E-state index contributed by atoms with van der Waals surface area (Å²) < 4.78 is 31.9. The second kappa shape index (κ2) is 13.2. The van der Waals surface area contributed by atoms with Gasteiger partial charge in [0.1, 0.15) is 29.7 Å². The maximum atomic E-state index is 11.7. The highest BCUT2D eigenvalue weighted by atomic mass is 16.8. The molecular formula is C37H40O7. The molecule has 6 rings (SSSR count). The minimum atomic E-state index is -1.42. The molecule has 0 spiro atoms. The molecule has 2 aliphatic heterocycles. The summed E-state index contributed by atoms with van der Waals surface area (Å²) in [5, 5.41) is 22.3. The Morgan fingerprint density at radius 3 is 2.11 bits per heavy atom. The van der Waals surface area contributed by atoms with Gasteiger partial charge in [-0.2, -0.15) is 0 Å². The second-order valence-electron chi connectivity index (χ2n) is 11.6. The van der Waals surface area contributed by atoms with Crippen LogP contribution in [0.15, 0.2) is 103 Å². The van der Waals surface area contributed by atoms with Gasteiger partial charge in [0.05, 0.1) is 33.0 Å². The van der Waals surface area contributed by atoms with E-state index in [1.165, 1.54) is 0 Å². The molecule has 0 amide bonds. The van der Waals surface area contributed by atoms with E-state index < -0.39 is 36.3 Å². The monoisotopic (exact) mass is 596 g/mol. The van der Waals surface area contributed by atoms with E-state index in [1.54, 1.807) is 0 Å². The smallest absolute Gasteiger partial charge is 0.225 e. The number of aliphatic hydroxyl groups excluding tert-OH is 2. The molecule has 4 aromatic rings. The first kappa shape index (κ1) is 30.5. The van der Waals surface area contributed by atoms with Crippen molar-refractivity contribution in [2.45, 2.75) is 63.2 Å². The van der Waals surface area contributed by atoms with Crippen LogP contribution in [-0.4, -0.2) is 53.9 Å². The fraction of sp³-hybridized carbons (Fsp3) is 0.351. The van der Waals surface area contributed by atoms with Gasteiger partial charge >= 0.3 is 0 Å². The van der Waals surface area contributed by atoms with Gasteiger partial charge in [0.15, 0.2) is 0 Å². The van der Waals surface area contributed by atoms with Crippen LogP contribution in [0.2, 0.25) is 0 Å². The van der Waals surface area contributed by atoms with Crippen LogP contribution in [-0.2, 0) is 44.4 Å². The summed E-state index contributed by atoms with van der Waals surface area (Å²) in [5.74, 6) is -0.575. The Balaban J connectivity index is 1.37. The number of benzene rings is 4. The average molecular weight is 597 g/mol. The van der Waals surface area contributed by atoms with E-state index >= 15 is 0 Å². The molecule has 2 N–H and O–H groups in total. The van der Waals surface area contributed by atoms with Gasteiger partial charge < -0.3 is 33.9 Å². The molecule has 7 heteroatoms. The predicted molar refractivity (Wildman–Crippen MR) is 166 cm³/mol. The van der Waals surface area contributed by atoms with E-state index in [4.69, 9.17) is 23.7 Å². The van der Waals surface area contributed by atoms with Gasteiger partial charge in [-0.15, -0.1) is 0 Å². The van der Waals surface area contributed by atoms with Gasteiger partial charge in [-0.25, -0.2) is 0 Å². The summed E-state index contributed by atoms with van der Waals surface area (Å²) in [6.45, 7) is 4.74. The van der Waals surface area contributed by atoms with Crippen molar-refractivity contribution in [3.05, 3.63) is 137 Å². The van der Waals surface area contributed by atoms with E-state index in [-0.39, 0.29) is 19.8 Å². The minimum Gasteiger partial charge on any atom is -0.494 e. The first-order valence-electron chi connectivity index (χ1n) is 15.2. The number of ether oxygens (including phenoxy) is 5. The van der Waals surface area contributed by atoms with Crippen LogP contribution >= 0.6 is 0 Å². The summed E-state index contributed by atoms with van der Waals surface area (Å²) >= 11 is 0. The molecule has 2 heterocycles. The molecule has 0 aromatic heterocycles. The van der Waals surface area contributed by atoms with Gasteiger partial charge in [0.2, 0.25) is 5.79 Å². The van der Waals surface area contributed by atoms with Gasteiger partial charge in [-0.1, -0.05) is 84.9 Å². The molecule has 2 fully saturated rings. The predicted octanol–water partition coefficient (Wildman–Crippen LogP) is 5.46. The fourth-order valence-electron chi connectivity index (χ4n) is 6.11. The van der Waals surface area contributed by atoms with Crippen LogP contribution in [0.1, 0.15) is 40.3 Å². The zero-order valence-corrected chi connectivity index (χ0v) is 25.2. The van der Waals surface area contributed by atoms with Crippen molar-refractivity contribution < 1.29 is 33.9 Å². The number of aliphatic hydroxyl groups is 2. The van der Waals surface area contributed by atoms with Crippen molar-refractivity contribution in [1.82, 2.24) is 0 Å². The highest BCUT2D eigenvalue weighted by molar-refractivity contribution is 5.40. The Morgan fingerprint density at radius 1 is 0.818 bits per heavy atom. The highest BCUT2D eigenvalue weighted by Crippen LogP contribution is 2.52. The van der Waals surface area contributed by atoms with Gasteiger partial charge in [0, 0.05) is 5.56 Å². The van der Waals surface area contributed by atoms with Crippen LogP contribution in [0.4, 0.5) is 0 Å². The molecule has 230 valence electrons. The normalized spacial score (nSPS) is 26.0. The molecule has 7 nitrogen and oxygen atoms in total. The van der Waals surface area contributed by atoms with Crippen molar-refractivity contribution in [3.63, 3.8) is 0 Å². The van der Waals surface area contributed by atoms with E-state index in [0.717, 1.165) is 39.1 Å². The van der Waals surface area contributed by atoms with Crippen molar-refractivity contribution in [1.29, 1.82) is 0 Å². The standard InChI is InChI=1S/C37H40O7/c1-3-40-32-18-15-27(16-19-32)20-30-21-31(17-14-26(30)2)37-35(42-23-29-12-8-5-9-13-29)33(41-22-28-10-6-4-7-11-28)34(39)36(24-38,44-37)25-43-37/h4-19,21,33-35,38-39H,3,20,22-25H2,1-2H3/t33-,34-,35?,36?,37?/m0/s1. The van der Waals surface area contributed by atoms with Gasteiger partial charge in [-0.05, 0) is 66.3 Å². The van der Waals surface area contributed by atoms with Crippen LogP contribution in [0.5, 0.6) is 5.75 Å². The molecule has 3 unspecified atom stereocenters. The van der Waals surface area contributed by atoms with Crippen molar-refractivity contribution in [2.75, 3.05) is 19.8 Å². The lowest BCUT2D eigenvalue weighted by molar-refractivity contribution is -0.347. The molecule has 4 aromatic carbocycles. The van der Waals surface area contributed by atoms with E-state index in [1.807, 2.05) is 85.8 Å². The molecule has 0 radical (unpaired) electrons. The van der Waals surface area contributed by atoms with Crippen LogP contribution < -0.4 is 4.74 Å². The van der Waals surface area contributed by atoms with E-state index in [0.29, 0.717) is 13.0 Å². The topological polar surface area (TPSA) is 86.6 Å². The van der Waals surface area contributed by atoms with Crippen LogP contribution in [0.25, 0.3) is 0 Å². The molecule has 2 aliphatic rings. The quantitative estimate of drug-likeness (QED) is 0.225. The maximum Gasteiger partial charge on any atom is 0.225 e. The lowest BCUT2D eigenvalue weighted by atomic mass is 9.82. The number of hydrogen-bond donors (Lipinski definition) is 2. The number of hydrogen-bond acceptors (Lipinski definition) is 7. The van der Waals surface area contributed by atoms with Gasteiger partial charge in [0.25, 0.3) is 0 Å². The molecule has 5 atom stereocenters. The zero-order chi connectivity index (χ0) is 30.6. The molecule has 2 saturated heterocycles. The summed E-state index contributed by atoms with van der Waals surface area (Å²) in [5.41, 5.74) is 4.68. The highest BCUT2D eigenvalue weighted by Gasteiger charge is 2.68. The minimum absolute atomic E-state index is 0.0108. The average Bonchev–Trinajstić information content (AvgIpc) is 3.43. The van der Waals surface area contributed by atoms with Gasteiger partial charge in [-0.3, -0.25) is 0 Å². The number of rotatable bonds is 12. The molecule has 0 saturated carbocycles. The first-order valence-corrected chi connectivity index (χ1v) is 15.2. The van der Waals surface area contributed by atoms with E-state index in [2.05, 4.69) is 31.2 Å². The summed E-state index contributed by atoms with van der Waals surface area (Å²) in [6, 6.07) is 33.9. The third-order valence-corrected chi connectivity index (χ3v) is 8.61. The molecule has 2 bridgehead atoms. The Hall–Kier alpha value is -3.56. The Kier molecular flexibility index (Phi) is 9.14. The second-order valence-corrected chi connectivity index (χ2v) is 11.6. The summed E-state index contributed by atoms with van der Waals surface area (Å²) in [7, 11) is 0. The molecule has 44 heavy (non-hydrogen) atoms. The Bertz CT molecular complexity index is 1510. The fourth-order valence-corrected chi connectivity index (χ4v) is 6.11. The first-order chi connectivity index (χ1) is 21.5.